The van der Waals surface area contributed by atoms with Crippen LogP contribution in [0.1, 0.15) is 29.3 Å². The molecule has 150 valence electrons. The fourth-order valence-electron chi connectivity index (χ4n) is 2.58. The summed E-state index contributed by atoms with van der Waals surface area (Å²) in [5.74, 6) is -0.731. The molecule has 0 atom stereocenters. The fourth-order valence-corrected chi connectivity index (χ4v) is 3.12. The van der Waals surface area contributed by atoms with Crippen LogP contribution in [0.2, 0.25) is 0 Å². The monoisotopic (exact) mass is 410 g/mol. The van der Waals surface area contributed by atoms with Gasteiger partial charge in [-0.3, -0.25) is 9.59 Å². The van der Waals surface area contributed by atoms with Gasteiger partial charge in [-0.25, -0.2) is 0 Å². The van der Waals surface area contributed by atoms with Crippen LogP contribution in [0.25, 0.3) is 0 Å². The van der Waals surface area contributed by atoms with E-state index in [0.717, 1.165) is 5.56 Å². The molecular formula is C20H21F3N2O2S. The van der Waals surface area contributed by atoms with Gasteiger partial charge < -0.3 is 10.2 Å². The lowest BCUT2D eigenvalue weighted by Crippen LogP contribution is -2.38. The smallest absolute Gasteiger partial charge is 0.329 e. The summed E-state index contributed by atoms with van der Waals surface area (Å²) in [5, 5.41) is 2.78. The normalized spacial score (nSPS) is 11.2. The summed E-state index contributed by atoms with van der Waals surface area (Å²) in [7, 11) is 0. The van der Waals surface area contributed by atoms with E-state index in [0.29, 0.717) is 18.7 Å². The zero-order valence-electron chi connectivity index (χ0n) is 15.5. The van der Waals surface area contributed by atoms with Crippen LogP contribution in [0.4, 0.5) is 18.9 Å². The van der Waals surface area contributed by atoms with Gasteiger partial charge in [0.05, 0.1) is 0 Å². The van der Waals surface area contributed by atoms with Gasteiger partial charge in [0.2, 0.25) is 5.91 Å². The van der Waals surface area contributed by atoms with Crippen LogP contribution < -0.4 is 5.32 Å². The number of hydrogen-bond acceptors (Lipinski definition) is 3. The molecule has 0 bridgehead atoms. The molecule has 8 heteroatoms. The first-order chi connectivity index (χ1) is 13.2. The maximum atomic E-state index is 12.7. The van der Waals surface area contributed by atoms with Gasteiger partial charge in [-0.2, -0.15) is 13.2 Å². The lowest BCUT2D eigenvalue weighted by molar-refractivity contribution is -0.116. The molecule has 0 aliphatic rings. The third kappa shape index (κ3) is 6.60. The number of nitrogens with zero attached hydrogens (tertiary/aromatic N) is 1. The Kier molecular flexibility index (Phi) is 7.51. The van der Waals surface area contributed by atoms with E-state index in [9.17, 15) is 22.8 Å². The molecule has 0 fully saturated rings. The van der Waals surface area contributed by atoms with Crippen LogP contribution >= 0.6 is 11.8 Å². The standard InChI is InChI=1S/C20H21F3N2O2S/c1-3-12-25(13-18(26)24-17-7-5-4-6-14(17)2)19(27)15-8-10-16(11-9-15)28-20(21,22)23/h4-11H,3,12-13H2,1-2H3,(H,24,26). The first-order valence-corrected chi connectivity index (χ1v) is 9.52. The summed E-state index contributed by atoms with van der Waals surface area (Å²) in [5.41, 5.74) is -2.57. The van der Waals surface area contributed by atoms with Crippen LogP contribution in [0.5, 0.6) is 0 Å². The van der Waals surface area contributed by atoms with Crippen LogP contribution in [0.15, 0.2) is 53.4 Å². The van der Waals surface area contributed by atoms with Gasteiger partial charge in [-0.05, 0) is 61.0 Å². The summed E-state index contributed by atoms with van der Waals surface area (Å²) in [6.45, 7) is 3.97. The van der Waals surface area contributed by atoms with E-state index < -0.39 is 11.4 Å². The van der Waals surface area contributed by atoms with Crippen LogP contribution in [-0.4, -0.2) is 35.3 Å². The van der Waals surface area contributed by atoms with Crippen molar-refractivity contribution in [3.8, 4) is 0 Å². The number of rotatable bonds is 7. The Morgan fingerprint density at radius 2 is 1.71 bits per heavy atom. The average molecular weight is 410 g/mol. The van der Waals surface area contributed by atoms with Crippen molar-refractivity contribution in [1.29, 1.82) is 0 Å². The number of hydrogen-bond donors (Lipinski definition) is 1. The van der Waals surface area contributed by atoms with Gasteiger partial charge in [0, 0.05) is 22.7 Å². The van der Waals surface area contributed by atoms with Gasteiger partial charge in [0.1, 0.15) is 6.54 Å². The van der Waals surface area contributed by atoms with E-state index in [1.807, 2.05) is 26.0 Å². The molecule has 28 heavy (non-hydrogen) atoms. The Hall–Kier alpha value is -2.48. The average Bonchev–Trinajstić information content (AvgIpc) is 2.62. The number of anilines is 1. The molecule has 2 rings (SSSR count). The predicted octanol–water partition coefficient (Wildman–Crippen LogP) is 5.10. The molecule has 0 aliphatic heterocycles. The molecule has 0 aliphatic carbocycles. The molecule has 0 spiro atoms. The zero-order valence-corrected chi connectivity index (χ0v) is 16.4. The number of aryl methyl sites for hydroxylation is 1. The second-order valence-electron chi connectivity index (χ2n) is 6.16. The van der Waals surface area contributed by atoms with Crippen molar-refractivity contribution in [2.45, 2.75) is 30.7 Å². The number of nitrogens with one attached hydrogen (secondary N) is 1. The van der Waals surface area contributed by atoms with Crippen molar-refractivity contribution in [3.63, 3.8) is 0 Å². The van der Waals surface area contributed by atoms with Crippen molar-refractivity contribution in [3.05, 3.63) is 59.7 Å². The highest BCUT2D eigenvalue weighted by molar-refractivity contribution is 8.00. The highest BCUT2D eigenvalue weighted by atomic mass is 32.2. The molecule has 2 amide bonds. The second kappa shape index (κ2) is 9.64. The second-order valence-corrected chi connectivity index (χ2v) is 7.30. The Labute approximate surface area is 166 Å². The number of amides is 2. The highest BCUT2D eigenvalue weighted by Crippen LogP contribution is 2.36. The van der Waals surface area contributed by atoms with Crippen LogP contribution in [0.3, 0.4) is 0 Å². The van der Waals surface area contributed by atoms with Gasteiger partial charge in [-0.15, -0.1) is 0 Å². The molecule has 1 N–H and O–H groups in total. The lowest BCUT2D eigenvalue weighted by atomic mass is 10.2. The van der Waals surface area contributed by atoms with E-state index in [2.05, 4.69) is 5.32 Å². The van der Waals surface area contributed by atoms with E-state index in [4.69, 9.17) is 0 Å². The molecule has 0 saturated heterocycles. The van der Waals surface area contributed by atoms with Crippen molar-refractivity contribution in [2.24, 2.45) is 0 Å². The van der Waals surface area contributed by atoms with Crippen molar-refractivity contribution < 1.29 is 22.8 Å². The summed E-state index contributed by atoms with van der Waals surface area (Å²) in [6, 6.07) is 12.5. The summed E-state index contributed by atoms with van der Waals surface area (Å²) in [6.07, 6.45) is 0.644. The topological polar surface area (TPSA) is 49.4 Å². The van der Waals surface area contributed by atoms with E-state index in [1.54, 1.807) is 12.1 Å². The zero-order chi connectivity index (χ0) is 20.7. The number of benzene rings is 2. The van der Waals surface area contributed by atoms with Crippen molar-refractivity contribution in [2.75, 3.05) is 18.4 Å². The minimum Gasteiger partial charge on any atom is -0.329 e. The first-order valence-electron chi connectivity index (χ1n) is 8.70. The molecule has 0 radical (unpaired) electrons. The first kappa shape index (κ1) is 21.8. The third-order valence-electron chi connectivity index (χ3n) is 3.87. The number of para-hydroxylation sites is 1. The predicted molar refractivity (Wildman–Crippen MR) is 104 cm³/mol. The maximum Gasteiger partial charge on any atom is 0.446 e. The van der Waals surface area contributed by atoms with Gasteiger partial charge in [-0.1, -0.05) is 25.1 Å². The molecule has 4 nitrogen and oxygen atoms in total. The van der Waals surface area contributed by atoms with E-state index in [1.165, 1.54) is 29.2 Å². The molecule has 0 aromatic heterocycles. The number of carbonyl (C=O) groups excluding carboxylic acids is 2. The molecule has 2 aromatic rings. The minimum absolute atomic E-state index is 0.00314. The van der Waals surface area contributed by atoms with E-state index >= 15 is 0 Å². The van der Waals surface area contributed by atoms with Crippen molar-refractivity contribution in [1.82, 2.24) is 4.90 Å². The highest BCUT2D eigenvalue weighted by Gasteiger charge is 2.29. The largest absolute Gasteiger partial charge is 0.446 e. The van der Waals surface area contributed by atoms with Crippen LogP contribution in [0, 0.1) is 6.92 Å². The lowest BCUT2D eigenvalue weighted by Gasteiger charge is -2.22. The van der Waals surface area contributed by atoms with Gasteiger partial charge in [0.15, 0.2) is 0 Å². The molecule has 0 unspecified atom stereocenters. The number of carbonyl (C=O) groups is 2. The summed E-state index contributed by atoms with van der Waals surface area (Å²) in [4.78, 5) is 26.5. The quantitative estimate of drug-likeness (QED) is 0.647. The summed E-state index contributed by atoms with van der Waals surface area (Å²) >= 11 is -0.236. The van der Waals surface area contributed by atoms with E-state index in [-0.39, 0.29) is 34.7 Å². The Balaban J connectivity index is 2.06. The maximum absolute atomic E-state index is 12.7. The number of alkyl halides is 3. The van der Waals surface area contributed by atoms with Gasteiger partial charge >= 0.3 is 5.51 Å². The molecule has 0 saturated carbocycles. The number of halogens is 3. The van der Waals surface area contributed by atoms with Crippen molar-refractivity contribution >= 4 is 29.3 Å². The SMILES string of the molecule is CCCN(CC(=O)Nc1ccccc1C)C(=O)c1ccc(SC(F)(F)F)cc1. The molecule has 2 aromatic carbocycles. The molecule has 0 heterocycles. The third-order valence-corrected chi connectivity index (χ3v) is 4.61. The Bertz CT molecular complexity index is 823. The number of thioether (sulfide) groups is 1. The fraction of sp³-hybridized carbons (Fsp3) is 0.300. The minimum atomic E-state index is -4.38. The van der Waals surface area contributed by atoms with Gasteiger partial charge in [0.25, 0.3) is 5.91 Å². The Morgan fingerprint density at radius 1 is 1.07 bits per heavy atom. The Morgan fingerprint density at radius 3 is 2.29 bits per heavy atom. The summed E-state index contributed by atoms with van der Waals surface area (Å²) < 4.78 is 37.3. The molecular weight excluding hydrogens is 389 g/mol. The van der Waals surface area contributed by atoms with Crippen LogP contribution in [-0.2, 0) is 4.79 Å².